The number of hydrogen-bond donors (Lipinski definition) is 2. The Morgan fingerprint density at radius 2 is 2.05 bits per heavy atom. The molecule has 0 bridgehead atoms. The van der Waals surface area contributed by atoms with E-state index in [1.165, 1.54) is 0 Å². The van der Waals surface area contributed by atoms with Crippen LogP contribution in [-0.2, 0) is 4.79 Å². The fraction of sp³-hybridized carbons (Fsp3) is 0.286. The third kappa shape index (κ3) is 4.59. The van der Waals surface area contributed by atoms with Crippen molar-refractivity contribution in [1.29, 1.82) is 0 Å². The molecule has 0 aliphatic heterocycles. The summed E-state index contributed by atoms with van der Waals surface area (Å²) in [5, 5.41) is 5.93. The van der Waals surface area contributed by atoms with Crippen molar-refractivity contribution in [3.8, 4) is 11.3 Å². The van der Waals surface area contributed by atoms with E-state index in [0.717, 1.165) is 22.0 Å². The zero-order chi connectivity index (χ0) is 13.7. The summed E-state index contributed by atoms with van der Waals surface area (Å²) in [6.07, 6.45) is 1.17. The summed E-state index contributed by atoms with van der Waals surface area (Å²) in [6.45, 7) is 2.52. The average molecular weight is 312 g/mol. The number of anilines is 1. The Bertz CT molecular complexity index is 554. The number of nitrogens with two attached hydrogens (primary N) is 1. The molecule has 0 radical (unpaired) electrons. The molecule has 20 heavy (non-hydrogen) atoms. The molecule has 0 saturated heterocycles. The van der Waals surface area contributed by atoms with E-state index in [1.54, 1.807) is 11.3 Å². The van der Waals surface area contributed by atoms with Gasteiger partial charge in [-0.1, -0.05) is 12.1 Å². The summed E-state index contributed by atoms with van der Waals surface area (Å²) in [7, 11) is 0. The first kappa shape index (κ1) is 16.6. The second kappa shape index (κ2) is 7.99. The number of benzene rings is 1. The van der Waals surface area contributed by atoms with Gasteiger partial charge in [-0.15, -0.1) is 23.7 Å². The number of hydrogen-bond acceptors (Lipinski definition) is 4. The van der Waals surface area contributed by atoms with E-state index >= 15 is 0 Å². The molecule has 0 unspecified atom stereocenters. The van der Waals surface area contributed by atoms with Crippen molar-refractivity contribution in [2.45, 2.75) is 19.8 Å². The van der Waals surface area contributed by atoms with Crippen molar-refractivity contribution in [3.05, 3.63) is 34.7 Å². The zero-order valence-corrected chi connectivity index (χ0v) is 12.9. The van der Waals surface area contributed by atoms with Crippen LogP contribution < -0.4 is 11.1 Å². The van der Waals surface area contributed by atoms with Crippen molar-refractivity contribution < 1.29 is 4.79 Å². The first-order valence-electron chi connectivity index (χ1n) is 6.21. The fourth-order valence-corrected chi connectivity index (χ4v) is 2.33. The minimum absolute atomic E-state index is 0. The van der Waals surface area contributed by atoms with Crippen molar-refractivity contribution in [2.24, 2.45) is 5.73 Å². The number of aromatic nitrogens is 1. The maximum absolute atomic E-state index is 11.6. The molecule has 6 heteroatoms. The van der Waals surface area contributed by atoms with Crippen LogP contribution in [0.5, 0.6) is 0 Å². The number of halogens is 1. The van der Waals surface area contributed by atoms with Gasteiger partial charge in [0.05, 0.1) is 10.7 Å². The van der Waals surface area contributed by atoms with Crippen LogP contribution in [0.4, 0.5) is 5.69 Å². The quantitative estimate of drug-likeness (QED) is 0.891. The SMILES string of the molecule is Cc1nc(-c2ccc(NC(=O)CCCN)cc2)cs1.Cl. The van der Waals surface area contributed by atoms with Gasteiger partial charge in [0.2, 0.25) is 5.91 Å². The van der Waals surface area contributed by atoms with Gasteiger partial charge < -0.3 is 11.1 Å². The Morgan fingerprint density at radius 1 is 1.35 bits per heavy atom. The lowest BCUT2D eigenvalue weighted by atomic mass is 10.1. The molecular formula is C14H18ClN3OS. The summed E-state index contributed by atoms with van der Waals surface area (Å²) in [5.74, 6) is 0.00250. The molecule has 0 fully saturated rings. The third-order valence-corrected chi connectivity index (χ3v) is 3.46. The molecule has 4 nitrogen and oxygen atoms in total. The topological polar surface area (TPSA) is 68.0 Å². The van der Waals surface area contributed by atoms with E-state index in [-0.39, 0.29) is 18.3 Å². The lowest BCUT2D eigenvalue weighted by molar-refractivity contribution is -0.116. The highest BCUT2D eigenvalue weighted by molar-refractivity contribution is 7.09. The Kier molecular flexibility index (Phi) is 6.64. The lowest BCUT2D eigenvalue weighted by Crippen LogP contribution is -2.13. The number of amides is 1. The molecule has 1 heterocycles. The summed E-state index contributed by atoms with van der Waals surface area (Å²) >= 11 is 1.63. The van der Waals surface area contributed by atoms with Crippen LogP contribution in [0, 0.1) is 6.92 Å². The summed E-state index contributed by atoms with van der Waals surface area (Å²) in [5.41, 5.74) is 8.21. The Morgan fingerprint density at radius 3 is 2.60 bits per heavy atom. The van der Waals surface area contributed by atoms with Crippen LogP contribution in [0.3, 0.4) is 0 Å². The minimum Gasteiger partial charge on any atom is -0.330 e. The number of thiazole rings is 1. The molecule has 0 atom stereocenters. The second-order valence-electron chi connectivity index (χ2n) is 4.27. The van der Waals surface area contributed by atoms with Gasteiger partial charge in [-0.2, -0.15) is 0 Å². The lowest BCUT2D eigenvalue weighted by Gasteiger charge is -2.05. The van der Waals surface area contributed by atoms with Crippen LogP contribution >= 0.6 is 23.7 Å². The van der Waals surface area contributed by atoms with Gasteiger partial charge in [0.25, 0.3) is 0 Å². The molecular weight excluding hydrogens is 294 g/mol. The molecule has 0 saturated carbocycles. The van der Waals surface area contributed by atoms with Gasteiger partial charge in [0.15, 0.2) is 0 Å². The molecule has 3 N–H and O–H groups in total. The van der Waals surface area contributed by atoms with Gasteiger partial charge in [-0.25, -0.2) is 4.98 Å². The van der Waals surface area contributed by atoms with E-state index in [2.05, 4.69) is 10.3 Å². The number of nitrogens with one attached hydrogen (secondary N) is 1. The van der Waals surface area contributed by atoms with Gasteiger partial charge in [0, 0.05) is 23.1 Å². The molecule has 0 spiro atoms. The number of nitrogens with zero attached hydrogens (tertiary/aromatic N) is 1. The van der Waals surface area contributed by atoms with E-state index in [1.807, 2.05) is 36.6 Å². The Hall–Kier alpha value is -1.43. The molecule has 2 aromatic rings. The van der Waals surface area contributed by atoms with Crippen molar-refractivity contribution in [2.75, 3.05) is 11.9 Å². The average Bonchev–Trinajstić information content (AvgIpc) is 2.84. The summed E-state index contributed by atoms with van der Waals surface area (Å²) in [4.78, 5) is 16.0. The predicted octanol–water partition coefficient (Wildman–Crippen LogP) is 3.22. The number of carbonyl (C=O) groups excluding carboxylic acids is 1. The standard InChI is InChI=1S/C14H17N3OS.ClH/c1-10-16-13(9-19-10)11-4-6-12(7-5-11)17-14(18)3-2-8-15;/h4-7,9H,2-3,8,15H2,1H3,(H,17,18);1H. The van der Waals surface area contributed by atoms with Crippen molar-refractivity contribution in [3.63, 3.8) is 0 Å². The Labute approximate surface area is 128 Å². The zero-order valence-electron chi connectivity index (χ0n) is 11.3. The largest absolute Gasteiger partial charge is 0.330 e. The monoisotopic (exact) mass is 311 g/mol. The first-order chi connectivity index (χ1) is 9.19. The summed E-state index contributed by atoms with van der Waals surface area (Å²) < 4.78 is 0. The van der Waals surface area contributed by atoms with Gasteiger partial charge in [-0.3, -0.25) is 4.79 Å². The van der Waals surface area contributed by atoms with Gasteiger partial charge in [0.1, 0.15) is 0 Å². The highest BCUT2D eigenvalue weighted by Crippen LogP contribution is 2.23. The smallest absolute Gasteiger partial charge is 0.224 e. The molecule has 108 valence electrons. The summed E-state index contributed by atoms with van der Waals surface area (Å²) in [6, 6.07) is 7.72. The van der Waals surface area contributed by atoms with E-state index in [4.69, 9.17) is 5.73 Å². The Balaban J connectivity index is 0.00000200. The highest BCUT2D eigenvalue weighted by atomic mass is 35.5. The minimum atomic E-state index is 0. The van der Waals surface area contributed by atoms with E-state index in [0.29, 0.717) is 19.4 Å². The molecule has 0 aliphatic rings. The number of rotatable bonds is 5. The molecule has 0 aliphatic carbocycles. The molecule has 1 aromatic heterocycles. The second-order valence-corrected chi connectivity index (χ2v) is 5.33. The van der Waals surface area contributed by atoms with Gasteiger partial charge in [-0.05, 0) is 32.0 Å². The number of aryl methyl sites for hydroxylation is 1. The number of carbonyl (C=O) groups is 1. The molecule has 2 rings (SSSR count). The van der Waals surface area contributed by atoms with Crippen LogP contribution in [-0.4, -0.2) is 17.4 Å². The molecule has 1 aromatic carbocycles. The van der Waals surface area contributed by atoms with E-state index < -0.39 is 0 Å². The van der Waals surface area contributed by atoms with Crippen molar-refractivity contribution in [1.82, 2.24) is 4.98 Å². The van der Waals surface area contributed by atoms with Crippen LogP contribution in [0.25, 0.3) is 11.3 Å². The normalized spacial score (nSPS) is 9.90. The van der Waals surface area contributed by atoms with E-state index in [9.17, 15) is 4.79 Å². The van der Waals surface area contributed by atoms with Crippen LogP contribution in [0.15, 0.2) is 29.6 Å². The highest BCUT2D eigenvalue weighted by Gasteiger charge is 2.04. The van der Waals surface area contributed by atoms with Gasteiger partial charge >= 0.3 is 0 Å². The fourth-order valence-electron chi connectivity index (χ4n) is 1.71. The maximum atomic E-state index is 11.6. The molecule has 1 amide bonds. The third-order valence-electron chi connectivity index (χ3n) is 2.69. The first-order valence-corrected chi connectivity index (χ1v) is 7.09. The van der Waals surface area contributed by atoms with Crippen molar-refractivity contribution >= 4 is 35.3 Å². The van der Waals surface area contributed by atoms with Crippen LogP contribution in [0.2, 0.25) is 0 Å². The predicted molar refractivity (Wildman–Crippen MR) is 86.5 cm³/mol. The van der Waals surface area contributed by atoms with Crippen LogP contribution in [0.1, 0.15) is 17.8 Å². The maximum Gasteiger partial charge on any atom is 0.224 e.